The molecular weight excluding hydrogens is 873 g/mol. The fourth-order valence-corrected chi connectivity index (χ4v) is 9.71. The van der Waals surface area contributed by atoms with Crippen molar-refractivity contribution in [1.82, 2.24) is 0 Å². The minimum absolute atomic E-state index is 0.380. The van der Waals surface area contributed by atoms with Crippen molar-refractivity contribution in [2.45, 2.75) is 119 Å². The van der Waals surface area contributed by atoms with Crippen LogP contribution in [0, 0.1) is 23.7 Å². The van der Waals surface area contributed by atoms with Gasteiger partial charge in [0.2, 0.25) is 0 Å². The molecule has 0 saturated heterocycles. The maximum Gasteiger partial charge on any atom is 0.161 e. The molecule has 0 N–H and O–H groups in total. The second kappa shape index (κ2) is 28.0. The Morgan fingerprint density at radius 3 is 1.03 bits per heavy atom. The van der Waals surface area contributed by atoms with Gasteiger partial charge in [0, 0.05) is 25.7 Å². The minimum atomic E-state index is 0.380. The monoisotopic (exact) mass is 955 g/mol. The van der Waals surface area contributed by atoms with Gasteiger partial charge in [-0.3, -0.25) is 0 Å². The van der Waals surface area contributed by atoms with Crippen molar-refractivity contribution in [1.29, 1.82) is 0 Å². The van der Waals surface area contributed by atoms with E-state index in [-0.39, 0.29) is 0 Å². The highest BCUT2D eigenvalue weighted by molar-refractivity contribution is 5.56. The third-order valence-electron chi connectivity index (χ3n) is 13.7. The van der Waals surface area contributed by atoms with E-state index in [4.69, 9.17) is 37.9 Å². The van der Waals surface area contributed by atoms with Crippen molar-refractivity contribution >= 4 is 0 Å². The van der Waals surface area contributed by atoms with E-state index in [1.165, 1.54) is 38.5 Å². The van der Waals surface area contributed by atoms with Crippen LogP contribution in [-0.2, 0) is 35.2 Å². The number of ether oxygens (including phenoxy) is 8. The van der Waals surface area contributed by atoms with Crippen LogP contribution in [0.15, 0.2) is 97.1 Å². The molecular formula is C62H82O8. The van der Waals surface area contributed by atoms with Gasteiger partial charge in [0.25, 0.3) is 0 Å². The molecule has 1 aliphatic carbocycles. The van der Waals surface area contributed by atoms with Crippen LogP contribution >= 0.6 is 0 Å². The van der Waals surface area contributed by atoms with Crippen molar-refractivity contribution in [2.24, 2.45) is 23.7 Å². The molecule has 3 aliphatic rings. The number of para-hydroxylation sites is 6. The molecule has 0 amide bonds. The van der Waals surface area contributed by atoms with E-state index in [9.17, 15) is 0 Å². The highest BCUT2D eigenvalue weighted by Gasteiger charge is 2.23. The highest BCUT2D eigenvalue weighted by atomic mass is 16.6. The van der Waals surface area contributed by atoms with E-state index in [0.29, 0.717) is 115 Å². The van der Waals surface area contributed by atoms with Crippen molar-refractivity contribution in [3.05, 3.63) is 142 Å². The van der Waals surface area contributed by atoms with Crippen LogP contribution in [0.5, 0.6) is 34.5 Å². The Labute approximate surface area is 420 Å². The zero-order valence-corrected chi connectivity index (χ0v) is 43.4. The Morgan fingerprint density at radius 1 is 0.357 bits per heavy atom. The fraction of sp³-hybridized carbons (Fsp3) is 0.516. The molecule has 0 radical (unpaired) electrons. The summed E-state index contributed by atoms with van der Waals surface area (Å²) in [5.41, 5.74) is 9.00. The molecule has 70 heavy (non-hydrogen) atoms. The quantitative estimate of drug-likeness (QED) is 0.0889. The lowest BCUT2D eigenvalue weighted by Gasteiger charge is -2.23. The van der Waals surface area contributed by atoms with Gasteiger partial charge in [0.05, 0.1) is 39.6 Å². The van der Waals surface area contributed by atoms with Gasteiger partial charge in [-0.2, -0.15) is 0 Å². The van der Waals surface area contributed by atoms with Crippen LogP contribution in [0.2, 0.25) is 0 Å². The van der Waals surface area contributed by atoms with Crippen LogP contribution in [0.3, 0.4) is 0 Å². The second-order valence-corrected chi connectivity index (χ2v) is 20.5. The summed E-state index contributed by atoms with van der Waals surface area (Å²) in [4.78, 5) is 0. The largest absolute Gasteiger partial charge is 0.493 e. The maximum atomic E-state index is 7.01. The summed E-state index contributed by atoms with van der Waals surface area (Å²) in [5.74, 6) is 7.64. The van der Waals surface area contributed by atoms with E-state index in [0.717, 1.165) is 92.2 Å². The number of hydrogen-bond acceptors (Lipinski definition) is 8. The summed E-state index contributed by atoms with van der Waals surface area (Å²) in [5, 5.41) is 0. The normalized spacial score (nSPS) is 15.7. The molecule has 5 aromatic rings. The van der Waals surface area contributed by atoms with E-state index in [2.05, 4.69) is 114 Å². The lowest BCUT2D eigenvalue weighted by Crippen LogP contribution is -2.14. The number of benzene rings is 5. The average Bonchev–Trinajstić information content (AvgIpc) is 3.33. The minimum Gasteiger partial charge on any atom is -0.493 e. The van der Waals surface area contributed by atoms with Crippen LogP contribution < -0.4 is 28.4 Å². The van der Waals surface area contributed by atoms with Gasteiger partial charge in [-0.05, 0) is 93.2 Å². The van der Waals surface area contributed by atoms with Gasteiger partial charge in [0.1, 0.15) is 49.4 Å². The van der Waals surface area contributed by atoms with Gasteiger partial charge in [-0.15, -0.1) is 0 Å². The average molecular weight is 955 g/mol. The molecule has 10 bridgehead atoms. The van der Waals surface area contributed by atoms with Crippen LogP contribution in [0.4, 0.5) is 0 Å². The summed E-state index contributed by atoms with van der Waals surface area (Å²) in [6.07, 6.45) is 12.0. The molecule has 2 atom stereocenters. The molecule has 378 valence electrons. The van der Waals surface area contributed by atoms with Crippen LogP contribution in [0.1, 0.15) is 137 Å². The second-order valence-electron chi connectivity index (χ2n) is 20.5. The first-order chi connectivity index (χ1) is 34.2. The lowest BCUT2D eigenvalue weighted by molar-refractivity contribution is 0.0695. The summed E-state index contributed by atoms with van der Waals surface area (Å²) in [6, 6.07) is 34.2. The number of fused-ring (bicyclic) bond motifs is 12. The van der Waals surface area contributed by atoms with E-state index in [1.54, 1.807) is 0 Å². The predicted octanol–water partition coefficient (Wildman–Crippen LogP) is 14.1. The summed E-state index contributed by atoms with van der Waals surface area (Å²) >= 11 is 0. The number of rotatable bonds is 16. The third kappa shape index (κ3) is 16.2. The Balaban J connectivity index is 1.28. The van der Waals surface area contributed by atoms with Crippen molar-refractivity contribution in [3.8, 4) is 34.5 Å². The molecule has 8 heteroatoms. The smallest absolute Gasteiger partial charge is 0.161 e. The first kappa shape index (κ1) is 52.6. The molecule has 0 spiro atoms. The van der Waals surface area contributed by atoms with Crippen LogP contribution in [0.25, 0.3) is 0 Å². The lowest BCUT2D eigenvalue weighted by atomic mass is 9.91. The van der Waals surface area contributed by atoms with Crippen molar-refractivity contribution < 1.29 is 37.9 Å². The van der Waals surface area contributed by atoms with Crippen LogP contribution in [-0.4, -0.2) is 66.1 Å². The van der Waals surface area contributed by atoms with Crippen molar-refractivity contribution in [2.75, 3.05) is 66.1 Å². The van der Waals surface area contributed by atoms with Crippen molar-refractivity contribution in [3.63, 3.8) is 0 Å². The maximum absolute atomic E-state index is 7.01. The molecule has 0 saturated carbocycles. The summed E-state index contributed by atoms with van der Waals surface area (Å²) in [6.45, 7) is 18.5. The first-order valence-corrected chi connectivity index (χ1v) is 26.7. The van der Waals surface area contributed by atoms with E-state index >= 15 is 0 Å². The molecule has 0 fully saturated rings. The topological polar surface area (TPSA) is 73.8 Å². The molecule has 8 nitrogen and oxygen atoms in total. The summed E-state index contributed by atoms with van der Waals surface area (Å²) in [7, 11) is 0. The fourth-order valence-electron chi connectivity index (χ4n) is 9.71. The predicted molar refractivity (Wildman–Crippen MR) is 283 cm³/mol. The SMILES string of the molecule is CC(C)CCCC(C)CCOc1c2cccc1Cc1cccc3c1OCCOCCOc1ccccc1OCCOCCOc1c(cccc1Cc1cccc(c1OCC[C@H](C)CCCC(C)C)C3)C2. The zero-order valence-electron chi connectivity index (χ0n) is 43.4. The molecule has 0 aromatic heterocycles. The molecule has 1 unspecified atom stereocenters. The Morgan fingerprint density at radius 2 is 0.686 bits per heavy atom. The Bertz CT molecular complexity index is 2090. The molecule has 5 aromatic carbocycles. The first-order valence-electron chi connectivity index (χ1n) is 26.7. The van der Waals surface area contributed by atoms with Gasteiger partial charge in [-0.1, -0.05) is 165 Å². The third-order valence-corrected chi connectivity index (χ3v) is 13.7. The van der Waals surface area contributed by atoms with Gasteiger partial charge in [0.15, 0.2) is 11.5 Å². The van der Waals surface area contributed by atoms with Gasteiger partial charge in [-0.25, -0.2) is 0 Å². The molecule has 2 heterocycles. The summed E-state index contributed by atoms with van der Waals surface area (Å²) < 4.78 is 52.3. The Kier molecular flexibility index (Phi) is 21.1. The number of hydrogen-bond donors (Lipinski definition) is 0. The molecule has 8 rings (SSSR count). The van der Waals surface area contributed by atoms with Gasteiger partial charge < -0.3 is 37.9 Å². The molecule has 2 aliphatic heterocycles. The zero-order chi connectivity index (χ0) is 48.9. The highest BCUT2D eigenvalue weighted by Crippen LogP contribution is 2.39. The van der Waals surface area contributed by atoms with Gasteiger partial charge >= 0.3 is 0 Å². The Hall–Kier alpha value is -5.18. The van der Waals surface area contributed by atoms with E-state index in [1.807, 2.05) is 24.3 Å². The standard InChI is InChI=1S/C62H82O8/c1-45(2)15-9-17-47(5)29-31-67-59-49-19-11-20-50(59)42-54-24-14-26-56-44-52-22-12-21-51(60(52)68-32-30-48(6)18-10-16-46(3)4)43-55-25-13-23-53(41-49)61(55)69-39-35-63-33-37-65-57-27-7-8-28-58(57)66-38-34-64-36-40-70-62(54)56/h7-8,11-14,19-28,45-48H,9-10,15-18,29-44H2,1-6H3/t47-,48?/m1/s1. The van der Waals surface area contributed by atoms with E-state index < -0.39 is 0 Å².